The Kier molecular flexibility index (Phi) is 68.1. The molecule has 0 fully saturated rings. The summed E-state index contributed by atoms with van der Waals surface area (Å²) in [6, 6.07) is 0. The molecule has 19 heteroatoms. The van der Waals surface area contributed by atoms with Crippen LogP contribution in [0.15, 0.2) is 0 Å². The maximum Gasteiger partial charge on any atom is 0.472 e. The molecule has 0 heterocycles. The van der Waals surface area contributed by atoms with Gasteiger partial charge in [0, 0.05) is 25.7 Å². The molecule has 0 amide bonds. The zero-order valence-electron chi connectivity index (χ0n) is 64.3. The third kappa shape index (κ3) is 72.4. The van der Waals surface area contributed by atoms with Crippen LogP contribution >= 0.6 is 15.6 Å². The van der Waals surface area contributed by atoms with Gasteiger partial charge in [0.1, 0.15) is 19.3 Å². The molecule has 0 saturated carbocycles. The van der Waals surface area contributed by atoms with Crippen LogP contribution in [0.3, 0.4) is 0 Å². The minimum Gasteiger partial charge on any atom is -0.462 e. The van der Waals surface area contributed by atoms with Crippen molar-refractivity contribution in [2.24, 2.45) is 17.8 Å². The van der Waals surface area contributed by atoms with E-state index < -0.39 is 97.5 Å². The monoisotopic (exact) mass is 1440 g/mol. The molecule has 0 aliphatic rings. The first-order valence-electron chi connectivity index (χ1n) is 40.8. The Bertz CT molecular complexity index is 1900. The second kappa shape index (κ2) is 69.4. The molecule has 0 aliphatic carbocycles. The number of phosphoric ester groups is 2. The fraction of sp³-hybridized carbons (Fsp3) is 0.949. The van der Waals surface area contributed by atoms with Crippen molar-refractivity contribution in [1.82, 2.24) is 0 Å². The fourth-order valence-electron chi connectivity index (χ4n) is 12.1. The summed E-state index contributed by atoms with van der Waals surface area (Å²) in [7, 11) is -9.92. The lowest BCUT2D eigenvalue weighted by molar-refractivity contribution is -0.161. The summed E-state index contributed by atoms with van der Waals surface area (Å²) in [6.45, 7) is 11.9. The minimum atomic E-state index is -4.96. The smallest absolute Gasteiger partial charge is 0.462 e. The van der Waals surface area contributed by atoms with Crippen LogP contribution in [0.2, 0.25) is 0 Å². The number of hydrogen-bond acceptors (Lipinski definition) is 15. The Morgan fingerprint density at radius 1 is 0.276 bits per heavy atom. The van der Waals surface area contributed by atoms with Crippen LogP contribution in [0, 0.1) is 17.8 Å². The van der Waals surface area contributed by atoms with E-state index in [0.29, 0.717) is 31.6 Å². The lowest BCUT2D eigenvalue weighted by atomic mass is 10.0. The highest BCUT2D eigenvalue weighted by Gasteiger charge is 2.30. The van der Waals surface area contributed by atoms with Crippen molar-refractivity contribution in [3.05, 3.63) is 0 Å². The molecule has 0 saturated heterocycles. The van der Waals surface area contributed by atoms with E-state index in [1.807, 2.05) is 0 Å². The molecule has 17 nitrogen and oxygen atoms in total. The molecule has 0 rings (SSSR count). The molecule has 0 radical (unpaired) electrons. The fourth-order valence-corrected chi connectivity index (χ4v) is 13.7. The highest BCUT2D eigenvalue weighted by Crippen LogP contribution is 2.45. The SMILES string of the molecule is CCCCCCCCCCCCCCCCCCCCC(=O)OC[C@H](COP(=O)(O)OC[C@@H](O)COP(=O)(O)OC[C@@H](COC(=O)CCCCCCCCCC(C)C)OC(=O)CCCCCCCCCCCC(C)C)OC(=O)CCCCCCCCCCCCCCCCCC(C)C. The average Bonchev–Trinajstić information content (AvgIpc) is 0.934. The van der Waals surface area contributed by atoms with Gasteiger partial charge in [-0.25, -0.2) is 9.13 Å². The van der Waals surface area contributed by atoms with E-state index in [4.69, 9.17) is 37.0 Å². The Morgan fingerprint density at radius 3 is 0.694 bits per heavy atom. The van der Waals surface area contributed by atoms with Gasteiger partial charge < -0.3 is 33.8 Å². The van der Waals surface area contributed by atoms with Crippen molar-refractivity contribution >= 4 is 39.5 Å². The molecule has 0 aromatic rings. The minimum absolute atomic E-state index is 0.105. The normalized spacial score (nSPS) is 14.0. The van der Waals surface area contributed by atoms with Crippen LogP contribution in [0.4, 0.5) is 0 Å². The summed E-state index contributed by atoms with van der Waals surface area (Å²) < 4.78 is 68.6. The van der Waals surface area contributed by atoms with E-state index in [0.717, 1.165) is 108 Å². The first kappa shape index (κ1) is 96.1. The van der Waals surface area contributed by atoms with Gasteiger partial charge in [-0.2, -0.15) is 0 Å². The summed E-state index contributed by atoms with van der Waals surface area (Å²) >= 11 is 0. The lowest BCUT2D eigenvalue weighted by Crippen LogP contribution is -2.30. The summed E-state index contributed by atoms with van der Waals surface area (Å²) in [4.78, 5) is 72.9. The Labute approximate surface area is 600 Å². The van der Waals surface area contributed by atoms with Crippen molar-refractivity contribution in [3.8, 4) is 0 Å². The van der Waals surface area contributed by atoms with Gasteiger partial charge in [-0.3, -0.25) is 37.3 Å². The highest BCUT2D eigenvalue weighted by molar-refractivity contribution is 7.47. The number of aliphatic hydroxyl groups is 1. The van der Waals surface area contributed by atoms with E-state index in [2.05, 4.69) is 48.5 Å². The quantitative estimate of drug-likeness (QED) is 0.0222. The molecule has 582 valence electrons. The van der Waals surface area contributed by atoms with Gasteiger partial charge in [0.15, 0.2) is 12.2 Å². The van der Waals surface area contributed by atoms with Gasteiger partial charge in [-0.15, -0.1) is 0 Å². The number of esters is 4. The van der Waals surface area contributed by atoms with Crippen molar-refractivity contribution < 1.29 is 80.2 Å². The molecule has 0 spiro atoms. The zero-order chi connectivity index (χ0) is 72.3. The first-order chi connectivity index (χ1) is 47.2. The van der Waals surface area contributed by atoms with E-state index in [-0.39, 0.29) is 25.7 Å². The summed E-state index contributed by atoms with van der Waals surface area (Å²) in [6.07, 6.45) is 57.0. The Morgan fingerprint density at radius 2 is 0.469 bits per heavy atom. The topological polar surface area (TPSA) is 237 Å². The second-order valence-corrected chi connectivity index (χ2v) is 32.8. The lowest BCUT2D eigenvalue weighted by Gasteiger charge is -2.21. The number of rotatable bonds is 77. The van der Waals surface area contributed by atoms with E-state index >= 15 is 0 Å². The molecular formula is C79H154O17P2. The highest BCUT2D eigenvalue weighted by atomic mass is 31.2. The van der Waals surface area contributed by atoms with Crippen LogP contribution in [-0.2, 0) is 65.4 Å². The predicted molar refractivity (Wildman–Crippen MR) is 400 cm³/mol. The number of carbonyl (C=O) groups is 4. The molecule has 5 atom stereocenters. The third-order valence-electron chi connectivity index (χ3n) is 18.4. The molecule has 3 N–H and O–H groups in total. The standard InChI is InChI=1S/C79H154O17P2/c1-8-9-10-11-12-13-14-15-16-17-18-21-24-27-32-39-46-53-60-76(81)89-66-74(95-78(83)62-55-48-40-33-28-25-22-19-20-23-26-30-36-43-50-57-70(2)3)68-93-97(85,86)91-64-73(80)65-92-98(87,88)94-69-75(67-90-77(82)61-54-47-42-35-38-45-52-59-72(6)7)96-79(84)63-56-49-41-34-29-31-37-44-51-58-71(4)5/h70-75,80H,8-69H2,1-7H3,(H,85,86)(H,87,88)/t73-,74-,75-/m1/s1. The second-order valence-electron chi connectivity index (χ2n) is 29.9. The van der Waals surface area contributed by atoms with E-state index in [1.54, 1.807) is 0 Å². The van der Waals surface area contributed by atoms with Gasteiger partial charge in [-0.1, -0.05) is 357 Å². The maximum atomic E-state index is 13.1. The number of ether oxygens (including phenoxy) is 4. The van der Waals surface area contributed by atoms with Gasteiger partial charge in [0.05, 0.1) is 26.4 Å². The third-order valence-corrected chi connectivity index (χ3v) is 20.3. The largest absolute Gasteiger partial charge is 0.472 e. The number of aliphatic hydroxyl groups excluding tert-OH is 1. The van der Waals surface area contributed by atoms with Crippen LogP contribution in [0.5, 0.6) is 0 Å². The number of carbonyl (C=O) groups excluding carboxylic acids is 4. The molecule has 0 aromatic heterocycles. The van der Waals surface area contributed by atoms with Gasteiger partial charge in [0.25, 0.3) is 0 Å². The van der Waals surface area contributed by atoms with Crippen LogP contribution < -0.4 is 0 Å². The Balaban J connectivity index is 5.23. The zero-order valence-corrected chi connectivity index (χ0v) is 66.0. The van der Waals surface area contributed by atoms with Crippen LogP contribution in [0.25, 0.3) is 0 Å². The van der Waals surface area contributed by atoms with Crippen molar-refractivity contribution in [2.75, 3.05) is 39.6 Å². The van der Waals surface area contributed by atoms with Crippen molar-refractivity contribution in [3.63, 3.8) is 0 Å². The molecule has 98 heavy (non-hydrogen) atoms. The van der Waals surface area contributed by atoms with E-state index in [1.165, 1.54) is 212 Å². The molecule has 0 bridgehead atoms. The van der Waals surface area contributed by atoms with Gasteiger partial charge >= 0.3 is 39.5 Å². The van der Waals surface area contributed by atoms with Crippen molar-refractivity contribution in [1.29, 1.82) is 0 Å². The number of hydrogen-bond donors (Lipinski definition) is 3. The van der Waals surface area contributed by atoms with Gasteiger partial charge in [0.2, 0.25) is 0 Å². The average molecular weight is 1440 g/mol. The van der Waals surface area contributed by atoms with Gasteiger partial charge in [-0.05, 0) is 43.4 Å². The molecule has 2 unspecified atom stereocenters. The Hall–Kier alpha value is -1.94. The molecule has 0 aromatic carbocycles. The predicted octanol–water partition coefficient (Wildman–Crippen LogP) is 23.4. The number of unbranched alkanes of at least 4 members (excludes halogenated alkanes) is 45. The summed E-state index contributed by atoms with van der Waals surface area (Å²) in [5.74, 6) is 0.129. The number of phosphoric acid groups is 2. The van der Waals surface area contributed by atoms with Crippen LogP contribution in [-0.4, -0.2) is 96.7 Å². The van der Waals surface area contributed by atoms with E-state index in [9.17, 15) is 43.2 Å². The first-order valence-corrected chi connectivity index (χ1v) is 43.8. The van der Waals surface area contributed by atoms with Crippen molar-refractivity contribution in [2.45, 2.75) is 426 Å². The molecular weight excluding hydrogens is 1280 g/mol. The maximum absolute atomic E-state index is 13.1. The summed E-state index contributed by atoms with van der Waals surface area (Å²) in [5.41, 5.74) is 0. The van der Waals surface area contributed by atoms with Crippen LogP contribution in [0.1, 0.15) is 408 Å². The molecule has 0 aliphatic heterocycles. The summed E-state index contributed by atoms with van der Waals surface area (Å²) in [5, 5.41) is 10.6.